The maximum Gasteiger partial charge on any atom is 0.472 e. The number of ether oxygens (including phenoxy) is 2. The Balaban J connectivity index is 3.97. The molecule has 0 aliphatic rings. The summed E-state index contributed by atoms with van der Waals surface area (Å²) < 4.78 is 35.4. The van der Waals surface area contributed by atoms with Gasteiger partial charge >= 0.3 is 13.8 Å². The lowest BCUT2D eigenvalue weighted by atomic mass is 10.0. The van der Waals surface area contributed by atoms with Crippen LogP contribution < -0.4 is 0 Å². The number of rotatable bonds is 61. The number of esters is 1. The summed E-state index contributed by atoms with van der Waals surface area (Å²) in [7, 11) is 1.69. The second-order valence-corrected chi connectivity index (χ2v) is 24.6. The molecule has 9 heteroatoms. The molecule has 0 saturated heterocycles. The molecule has 0 fully saturated rings. The maximum absolute atomic E-state index is 12.8. The van der Waals surface area contributed by atoms with E-state index in [1.807, 2.05) is 21.1 Å². The highest BCUT2D eigenvalue weighted by Crippen LogP contribution is 2.43. The maximum atomic E-state index is 12.8. The Bertz CT molecular complexity index is 1220. The van der Waals surface area contributed by atoms with Gasteiger partial charge in [-0.1, -0.05) is 295 Å². The van der Waals surface area contributed by atoms with Gasteiger partial charge in [0, 0.05) is 13.0 Å². The largest absolute Gasteiger partial charge is 0.472 e. The number of carbonyl (C=O) groups excluding carboxylic acids is 1. The molecule has 0 rings (SSSR count). The summed E-state index contributed by atoms with van der Waals surface area (Å²) in [5, 5.41) is 0. The van der Waals surface area contributed by atoms with Crippen LogP contribution in [0.4, 0.5) is 0 Å². The van der Waals surface area contributed by atoms with Crippen LogP contribution in [-0.2, 0) is 27.9 Å². The minimum absolute atomic E-state index is 0.0919. The van der Waals surface area contributed by atoms with Crippen molar-refractivity contribution in [2.45, 2.75) is 328 Å². The molecule has 0 aliphatic carbocycles. The minimum atomic E-state index is -4.28. The van der Waals surface area contributed by atoms with Gasteiger partial charge in [-0.3, -0.25) is 13.8 Å². The Morgan fingerprint density at radius 3 is 1.11 bits per heavy atom. The second kappa shape index (κ2) is 57.2. The van der Waals surface area contributed by atoms with Crippen LogP contribution in [-0.4, -0.2) is 75.6 Å². The molecule has 2 unspecified atom stereocenters. The number of hydrogen-bond donors (Lipinski definition) is 1. The number of likely N-dealkylation sites (N-methyl/N-ethyl adjacent to an activating group) is 1. The van der Waals surface area contributed by atoms with E-state index in [-0.39, 0.29) is 25.8 Å². The van der Waals surface area contributed by atoms with E-state index >= 15 is 0 Å². The predicted molar refractivity (Wildman–Crippen MR) is 317 cm³/mol. The quantitative estimate of drug-likeness (QED) is 0.0213. The Hall–Kier alpha value is -1.02. The van der Waals surface area contributed by atoms with Crippen LogP contribution in [0.3, 0.4) is 0 Å². The van der Waals surface area contributed by atoms with E-state index in [1.165, 1.54) is 263 Å². The Morgan fingerprint density at radius 2 is 0.753 bits per heavy atom. The molecule has 434 valence electrons. The van der Waals surface area contributed by atoms with Crippen molar-refractivity contribution in [3.05, 3.63) is 24.3 Å². The SMILES string of the molecule is CCCCCCC/C=C\C/C=C\CCCCCCCCCCCCCCCCOCC(COP(=O)(O)OCC[N+](C)(C)C)OC(=O)CCCCCCCCCCCCCCCCCCCCCCCCCCC. The fraction of sp³-hybridized carbons (Fsp3) is 0.922. The summed E-state index contributed by atoms with van der Waals surface area (Å²) in [4.78, 5) is 23.1. The average molecular weight is 1050 g/mol. The van der Waals surface area contributed by atoms with Gasteiger partial charge in [-0.2, -0.15) is 0 Å². The molecule has 0 aliphatic heterocycles. The molecule has 0 aromatic rings. The first kappa shape index (κ1) is 72.0. The third kappa shape index (κ3) is 61.7. The minimum Gasteiger partial charge on any atom is -0.457 e. The number of hydrogen-bond acceptors (Lipinski definition) is 6. The number of nitrogens with zero attached hydrogens (tertiary/aromatic N) is 1. The monoisotopic (exact) mass is 1050 g/mol. The number of carbonyl (C=O) groups is 1. The summed E-state index contributed by atoms with van der Waals surface area (Å²) in [5.74, 6) is -0.304. The Kier molecular flexibility index (Phi) is 56.4. The molecule has 0 amide bonds. The van der Waals surface area contributed by atoms with Crippen molar-refractivity contribution in [3.8, 4) is 0 Å². The summed E-state index contributed by atoms with van der Waals surface area (Å²) >= 11 is 0. The van der Waals surface area contributed by atoms with Crippen LogP contribution in [0, 0.1) is 0 Å². The Morgan fingerprint density at radius 1 is 0.425 bits per heavy atom. The van der Waals surface area contributed by atoms with Crippen LogP contribution in [0.1, 0.15) is 322 Å². The number of unbranched alkanes of at least 4 members (excludes halogenated alkanes) is 43. The van der Waals surface area contributed by atoms with E-state index in [1.54, 1.807) is 0 Å². The molecule has 0 radical (unpaired) electrons. The molecule has 2 atom stereocenters. The van der Waals surface area contributed by atoms with Crippen molar-refractivity contribution in [1.29, 1.82) is 0 Å². The van der Waals surface area contributed by atoms with E-state index in [0.29, 0.717) is 24.1 Å². The van der Waals surface area contributed by atoms with Gasteiger partial charge in [0.2, 0.25) is 0 Å². The molecule has 1 N–H and O–H groups in total. The van der Waals surface area contributed by atoms with Crippen molar-refractivity contribution in [2.75, 3.05) is 54.1 Å². The standard InChI is InChI=1S/C64H126NO7P/c1-6-8-10-12-14-16-18-20-22-24-26-28-30-32-34-36-38-40-42-44-46-48-50-52-54-56-59-69-61-63(62-71-73(67,68)70-60-58-65(3,4)5)72-64(66)57-55-53-51-49-47-45-43-41-39-37-35-33-31-29-27-25-23-21-19-17-15-13-11-9-7-2/h18,20,24,26,63H,6-17,19,21-23,25,27-62H2,1-5H3/p+1/b20-18-,26-24-. The molecule has 0 bridgehead atoms. The molecule has 0 saturated carbocycles. The van der Waals surface area contributed by atoms with E-state index in [2.05, 4.69) is 38.2 Å². The van der Waals surface area contributed by atoms with Crippen LogP contribution in [0.15, 0.2) is 24.3 Å². The third-order valence-electron chi connectivity index (χ3n) is 14.5. The molecule has 0 aromatic carbocycles. The van der Waals surface area contributed by atoms with Crippen LogP contribution in [0.5, 0.6) is 0 Å². The first-order chi connectivity index (χ1) is 35.6. The molecule has 8 nitrogen and oxygen atoms in total. The smallest absolute Gasteiger partial charge is 0.457 e. The predicted octanol–water partition coefficient (Wildman–Crippen LogP) is 20.6. The fourth-order valence-electron chi connectivity index (χ4n) is 9.59. The third-order valence-corrected chi connectivity index (χ3v) is 15.5. The highest BCUT2D eigenvalue weighted by molar-refractivity contribution is 7.47. The number of quaternary nitrogens is 1. The van der Waals surface area contributed by atoms with Gasteiger partial charge in [-0.05, 0) is 44.9 Å². The highest BCUT2D eigenvalue weighted by Gasteiger charge is 2.26. The molecular weight excluding hydrogens is 926 g/mol. The zero-order valence-electron chi connectivity index (χ0n) is 49.7. The number of phosphoric ester groups is 1. The lowest BCUT2D eigenvalue weighted by Gasteiger charge is -2.24. The summed E-state index contributed by atoms with van der Waals surface area (Å²) in [5.41, 5.74) is 0. The molecule has 0 spiro atoms. The zero-order chi connectivity index (χ0) is 53.3. The number of allylic oxidation sites excluding steroid dienone is 4. The van der Waals surface area contributed by atoms with Crippen molar-refractivity contribution in [2.24, 2.45) is 0 Å². The van der Waals surface area contributed by atoms with Crippen LogP contribution in [0.2, 0.25) is 0 Å². The van der Waals surface area contributed by atoms with Crippen molar-refractivity contribution >= 4 is 13.8 Å². The average Bonchev–Trinajstić information content (AvgIpc) is 3.35. The summed E-state index contributed by atoms with van der Waals surface area (Å²) in [6, 6.07) is 0. The fourth-order valence-corrected chi connectivity index (χ4v) is 10.3. The first-order valence-corrected chi connectivity index (χ1v) is 33.6. The topological polar surface area (TPSA) is 91.3 Å². The molecule has 0 heterocycles. The number of phosphoric acid groups is 1. The van der Waals surface area contributed by atoms with Gasteiger partial charge in [-0.25, -0.2) is 4.57 Å². The molecule has 0 aromatic heterocycles. The van der Waals surface area contributed by atoms with Crippen LogP contribution in [0.25, 0.3) is 0 Å². The van der Waals surface area contributed by atoms with Gasteiger partial charge in [0.1, 0.15) is 19.3 Å². The van der Waals surface area contributed by atoms with Gasteiger partial charge < -0.3 is 18.9 Å². The highest BCUT2D eigenvalue weighted by atomic mass is 31.2. The van der Waals surface area contributed by atoms with Gasteiger partial charge in [0.05, 0.1) is 34.4 Å². The normalized spacial score (nSPS) is 13.5. The van der Waals surface area contributed by atoms with E-state index in [4.69, 9.17) is 18.5 Å². The zero-order valence-corrected chi connectivity index (χ0v) is 50.5. The van der Waals surface area contributed by atoms with Crippen LogP contribution >= 0.6 is 7.82 Å². The lowest BCUT2D eigenvalue weighted by Crippen LogP contribution is -2.37. The summed E-state index contributed by atoms with van der Waals surface area (Å²) in [6.45, 7) is 5.69. The van der Waals surface area contributed by atoms with Gasteiger partial charge in [-0.15, -0.1) is 0 Å². The van der Waals surface area contributed by atoms with Crippen molar-refractivity contribution in [3.63, 3.8) is 0 Å². The molecular formula is C64H127NO7P+. The first-order valence-electron chi connectivity index (χ1n) is 32.1. The Labute approximate surface area is 455 Å². The lowest BCUT2D eigenvalue weighted by molar-refractivity contribution is -0.870. The van der Waals surface area contributed by atoms with E-state index < -0.39 is 13.9 Å². The second-order valence-electron chi connectivity index (χ2n) is 23.2. The van der Waals surface area contributed by atoms with Crippen molar-refractivity contribution < 1.29 is 37.3 Å². The van der Waals surface area contributed by atoms with E-state index in [0.717, 1.165) is 38.5 Å². The van der Waals surface area contributed by atoms with Gasteiger partial charge in [0.15, 0.2) is 0 Å². The van der Waals surface area contributed by atoms with Gasteiger partial charge in [0.25, 0.3) is 0 Å². The van der Waals surface area contributed by atoms with Crippen molar-refractivity contribution in [1.82, 2.24) is 0 Å². The summed E-state index contributed by atoms with van der Waals surface area (Å²) in [6.07, 6.45) is 71.2. The van der Waals surface area contributed by atoms with E-state index in [9.17, 15) is 14.3 Å². The molecule has 73 heavy (non-hydrogen) atoms.